The van der Waals surface area contributed by atoms with Gasteiger partial charge in [-0.05, 0) is 37.4 Å². The summed E-state index contributed by atoms with van der Waals surface area (Å²) in [5.41, 5.74) is 0.297. The van der Waals surface area contributed by atoms with Crippen LogP contribution < -0.4 is 20.8 Å². The zero-order valence-electron chi connectivity index (χ0n) is 16.5. The Balaban J connectivity index is 1.49. The van der Waals surface area contributed by atoms with Gasteiger partial charge in [-0.25, -0.2) is 0 Å². The molecule has 0 bridgehead atoms. The molecule has 1 saturated heterocycles. The molecule has 0 saturated carbocycles. The number of halogens is 1. The summed E-state index contributed by atoms with van der Waals surface area (Å²) in [5, 5.41) is 0.546. The van der Waals surface area contributed by atoms with E-state index in [1.807, 2.05) is 6.07 Å². The number of ether oxygens (including phenoxy) is 1. The number of rotatable bonds is 5. The van der Waals surface area contributed by atoms with Crippen molar-refractivity contribution >= 4 is 17.4 Å². The SMILES string of the molecule is CN1CCN(c2ccc(-n3ccc(OCc4ccc(Cl)cn4)cc3=O)c(=O)[nH]2)CC1. The van der Waals surface area contributed by atoms with Crippen LogP contribution in [0.4, 0.5) is 5.82 Å². The molecule has 0 aromatic carbocycles. The highest BCUT2D eigenvalue weighted by atomic mass is 35.5. The number of H-pyrrole nitrogens is 1. The van der Waals surface area contributed by atoms with Gasteiger partial charge in [0.15, 0.2) is 0 Å². The average Bonchev–Trinajstić information content (AvgIpc) is 2.74. The molecule has 156 valence electrons. The molecule has 0 atom stereocenters. The number of hydrogen-bond donors (Lipinski definition) is 1. The van der Waals surface area contributed by atoms with Crippen molar-refractivity contribution in [2.45, 2.75) is 6.61 Å². The molecular weight excluding hydrogens is 406 g/mol. The fraction of sp³-hybridized carbons (Fsp3) is 0.286. The summed E-state index contributed by atoms with van der Waals surface area (Å²) in [7, 11) is 2.08. The summed E-state index contributed by atoms with van der Waals surface area (Å²) in [6.07, 6.45) is 3.07. The Labute approximate surface area is 178 Å². The molecule has 4 heterocycles. The van der Waals surface area contributed by atoms with Crippen LogP contribution in [0, 0.1) is 0 Å². The van der Waals surface area contributed by atoms with Crippen LogP contribution in [0.3, 0.4) is 0 Å². The van der Waals surface area contributed by atoms with E-state index >= 15 is 0 Å². The number of likely N-dealkylation sites (N-methyl/N-ethyl adjacent to an activating group) is 1. The van der Waals surface area contributed by atoms with Crippen molar-refractivity contribution in [2.24, 2.45) is 0 Å². The number of nitrogens with zero attached hydrogens (tertiary/aromatic N) is 4. The lowest BCUT2D eigenvalue weighted by molar-refractivity contribution is 0.300. The fourth-order valence-electron chi connectivity index (χ4n) is 3.28. The van der Waals surface area contributed by atoms with E-state index in [1.165, 1.54) is 23.0 Å². The van der Waals surface area contributed by atoms with E-state index in [1.54, 1.807) is 24.3 Å². The van der Waals surface area contributed by atoms with Crippen molar-refractivity contribution in [3.8, 4) is 11.4 Å². The number of piperazine rings is 1. The van der Waals surface area contributed by atoms with Crippen LogP contribution in [-0.4, -0.2) is 52.7 Å². The maximum atomic E-state index is 12.6. The largest absolute Gasteiger partial charge is 0.487 e. The third-order valence-electron chi connectivity index (χ3n) is 5.04. The van der Waals surface area contributed by atoms with Crippen LogP contribution in [0.5, 0.6) is 5.75 Å². The topological polar surface area (TPSA) is 83.5 Å². The van der Waals surface area contributed by atoms with Crippen molar-refractivity contribution < 1.29 is 4.74 Å². The number of aromatic amines is 1. The zero-order valence-corrected chi connectivity index (χ0v) is 17.3. The molecule has 0 aliphatic carbocycles. The molecule has 0 amide bonds. The summed E-state index contributed by atoms with van der Waals surface area (Å²) in [6, 6.07) is 9.99. The minimum absolute atomic E-state index is 0.209. The Kier molecular flexibility index (Phi) is 5.87. The maximum Gasteiger partial charge on any atom is 0.273 e. The highest BCUT2D eigenvalue weighted by molar-refractivity contribution is 6.30. The molecule has 4 rings (SSSR count). The van der Waals surface area contributed by atoms with E-state index in [0.29, 0.717) is 16.5 Å². The molecule has 3 aromatic heterocycles. The second-order valence-electron chi connectivity index (χ2n) is 7.18. The van der Waals surface area contributed by atoms with Gasteiger partial charge < -0.3 is 19.5 Å². The van der Waals surface area contributed by atoms with Gasteiger partial charge in [-0.15, -0.1) is 0 Å². The smallest absolute Gasteiger partial charge is 0.273 e. The lowest BCUT2D eigenvalue weighted by atomic mass is 10.3. The average molecular weight is 428 g/mol. The highest BCUT2D eigenvalue weighted by Crippen LogP contribution is 2.14. The molecule has 9 heteroatoms. The second kappa shape index (κ2) is 8.73. The molecular formula is C21H22ClN5O3. The molecule has 0 spiro atoms. The van der Waals surface area contributed by atoms with Crippen LogP contribution >= 0.6 is 11.6 Å². The van der Waals surface area contributed by atoms with Gasteiger partial charge in [0, 0.05) is 44.6 Å². The van der Waals surface area contributed by atoms with Gasteiger partial charge in [0.05, 0.1) is 10.7 Å². The zero-order chi connectivity index (χ0) is 21.1. The first-order valence-electron chi connectivity index (χ1n) is 9.63. The minimum Gasteiger partial charge on any atom is -0.487 e. The summed E-state index contributed by atoms with van der Waals surface area (Å²) >= 11 is 5.82. The Bertz CT molecular complexity index is 1130. The van der Waals surface area contributed by atoms with Crippen LogP contribution in [0.25, 0.3) is 5.69 Å². The third-order valence-corrected chi connectivity index (χ3v) is 5.27. The van der Waals surface area contributed by atoms with E-state index < -0.39 is 0 Å². The Morgan fingerprint density at radius 2 is 1.90 bits per heavy atom. The Morgan fingerprint density at radius 3 is 2.57 bits per heavy atom. The van der Waals surface area contributed by atoms with Gasteiger partial charge in [0.25, 0.3) is 11.1 Å². The van der Waals surface area contributed by atoms with E-state index in [4.69, 9.17) is 16.3 Å². The third kappa shape index (κ3) is 4.55. The molecule has 3 aromatic rings. The number of anilines is 1. The van der Waals surface area contributed by atoms with Gasteiger partial charge in [0.1, 0.15) is 23.9 Å². The summed E-state index contributed by atoms with van der Waals surface area (Å²) < 4.78 is 6.93. The van der Waals surface area contributed by atoms with E-state index in [2.05, 4.69) is 26.8 Å². The first kappa shape index (κ1) is 20.2. The molecule has 1 aliphatic heterocycles. The normalized spacial score (nSPS) is 14.7. The molecule has 0 radical (unpaired) electrons. The van der Waals surface area contributed by atoms with Gasteiger partial charge in [0.2, 0.25) is 0 Å². The lowest BCUT2D eigenvalue weighted by Crippen LogP contribution is -2.45. The summed E-state index contributed by atoms with van der Waals surface area (Å²) in [5.74, 6) is 1.17. The quantitative estimate of drug-likeness (QED) is 0.669. The minimum atomic E-state index is -0.352. The first-order valence-corrected chi connectivity index (χ1v) is 10.0. The van der Waals surface area contributed by atoms with Crippen LogP contribution in [0.15, 0.2) is 58.4 Å². The molecule has 1 fully saturated rings. The molecule has 8 nitrogen and oxygen atoms in total. The standard InChI is InChI=1S/C21H22ClN5O3/c1-25-8-10-26(11-9-25)19-5-4-18(21(29)24-19)27-7-6-17(12-20(27)28)30-14-16-3-2-15(22)13-23-16/h2-7,12-13H,8-11,14H2,1H3,(H,24,29). The van der Waals surface area contributed by atoms with Crippen molar-refractivity contribution in [3.63, 3.8) is 0 Å². The van der Waals surface area contributed by atoms with E-state index in [9.17, 15) is 9.59 Å². The van der Waals surface area contributed by atoms with Gasteiger partial charge in [-0.3, -0.25) is 19.1 Å². The maximum absolute atomic E-state index is 12.6. The van der Waals surface area contributed by atoms with Gasteiger partial charge in [-0.1, -0.05) is 11.6 Å². The predicted octanol–water partition coefficient (Wildman–Crippen LogP) is 1.90. The highest BCUT2D eigenvalue weighted by Gasteiger charge is 2.16. The van der Waals surface area contributed by atoms with Crippen LogP contribution in [0.2, 0.25) is 5.02 Å². The van der Waals surface area contributed by atoms with E-state index in [-0.39, 0.29) is 23.4 Å². The predicted molar refractivity (Wildman–Crippen MR) is 116 cm³/mol. The molecule has 1 aliphatic rings. The van der Waals surface area contributed by atoms with E-state index in [0.717, 1.165) is 32.0 Å². The Morgan fingerprint density at radius 1 is 1.10 bits per heavy atom. The summed E-state index contributed by atoms with van der Waals surface area (Å²) in [4.78, 5) is 36.6. The number of hydrogen-bond acceptors (Lipinski definition) is 6. The lowest BCUT2D eigenvalue weighted by Gasteiger charge is -2.33. The van der Waals surface area contributed by atoms with Crippen molar-refractivity contribution in [1.29, 1.82) is 0 Å². The fourth-order valence-corrected chi connectivity index (χ4v) is 3.39. The van der Waals surface area contributed by atoms with Crippen molar-refractivity contribution in [1.82, 2.24) is 19.4 Å². The Hall–Kier alpha value is -3.10. The molecule has 30 heavy (non-hydrogen) atoms. The number of nitrogens with one attached hydrogen (secondary N) is 1. The van der Waals surface area contributed by atoms with Crippen molar-refractivity contribution in [3.05, 3.63) is 80.2 Å². The second-order valence-corrected chi connectivity index (χ2v) is 7.61. The summed E-state index contributed by atoms with van der Waals surface area (Å²) in [6.45, 7) is 3.79. The van der Waals surface area contributed by atoms with Gasteiger partial charge in [-0.2, -0.15) is 0 Å². The monoisotopic (exact) mass is 427 g/mol. The first-order chi connectivity index (χ1) is 14.5. The number of pyridine rings is 3. The molecule has 1 N–H and O–H groups in total. The molecule has 0 unspecified atom stereocenters. The number of aromatic nitrogens is 3. The van der Waals surface area contributed by atoms with Crippen LogP contribution in [-0.2, 0) is 6.61 Å². The van der Waals surface area contributed by atoms with Crippen molar-refractivity contribution in [2.75, 3.05) is 38.1 Å². The van der Waals surface area contributed by atoms with Gasteiger partial charge >= 0.3 is 0 Å². The van der Waals surface area contributed by atoms with Crippen LogP contribution in [0.1, 0.15) is 5.69 Å².